The minimum absolute atomic E-state index is 0.162. The Bertz CT molecular complexity index is 502. The number of ether oxygens (including phenoxy) is 1. The van der Waals surface area contributed by atoms with Crippen molar-refractivity contribution in [3.63, 3.8) is 0 Å². The minimum Gasteiger partial charge on any atom is -0.480 e. The minimum atomic E-state index is -1.07. The second-order valence-electron chi connectivity index (χ2n) is 4.73. The average molecular weight is 342 g/mol. The van der Waals surface area contributed by atoms with Crippen LogP contribution in [0.4, 0.5) is 0 Å². The standard InChI is InChI=1S/C14H16BrNO4/c15-12-4-2-1-3-10(12)7-16(11-5-6-11)13(17)8-20-9-14(18)19/h1-4,11H,5-9H2,(H,18,19). The van der Waals surface area contributed by atoms with Gasteiger partial charge < -0.3 is 14.7 Å². The highest BCUT2D eigenvalue weighted by molar-refractivity contribution is 9.10. The fourth-order valence-corrected chi connectivity index (χ4v) is 2.34. The number of carbonyl (C=O) groups excluding carboxylic acids is 1. The smallest absolute Gasteiger partial charge is 0.329 e. The van der Waals surface area contributed by atoms with E-state index in [1.54, 1.807) is 4.90 Å². The van der Waals surface area contributed by atoms with Gasteiger partial charge in [-0.15, -0.1) is 0 Å². The van der Waals surface area contributed by atoms with Crippen LogP contribution in [0.2, 0.25) is 0 Å². The summed E-state index contributed by atoms with van der Waals surface area (Å²) in [5, 5.41) is 8.50. The highest BCUT2D eigenvalue weighted by Crippen LogP contribution is 2.29. The van der Waals surface area contributed by atoms with Gasteiger partial charge in [-0.1, -0.05) is 34.1 Å². The average Bonchev–Trinajstić information content (AvgIpc) is 3.21. The number of halogens is 1. The Morgan fingerprint density at radius 3 is 2.60 bits per heavy atom. The van der Waals surface area contributed by atoms with Gasteiger partial charge >= 0.3 is 5.97 Å². The van der Waals surface area contributed by atoms with E-state index in [0.29, 0.717) is 6.54 Å². The van der Waals surface area contributed by atoms with Crippen LogP contribution in [0.15, 0.2) is 28.7 Å². The number of hydrogen-bond acceptors (Lipinski definition) is 3. The first kappa shape index (κ1) is 15.0. The lowest BCUT2D eigenvalue weighted by molar-refractivity contribution is -0.146. The van der Waals surface area contributed by atoms with Crippen molar-refractivity contribution in [3.05, 3.63) is 34.3 Å². The number of hydrogen-bond donors (Lipinski definition) is 1. The third-order valence-electron chi connectivity index (χ3n) is 3.06. The number of amides is 1. The summed E-state index contributed by atoms with van der Waals surface area (Å²) in [4.78, 5) is 24.3. The van der Waals surface area contributed by atoms with Crippen molar-refractivity contribution >= 4 is 27.8 Å². The van der Waals surface area contributed by atoms with Crippen molar-refractivity contribution in [2.45, 2.75) is 25.4 Å². The topological polar surface area (TPSA) is 66.8 Å². The second-order valence-corrected chi connectivity index (χ2v) is 5.59. The predicted octanol–water partition coefficient (Wildman–Crippen LogP) is 2.04. The van der Waals surface area contributed by atoms with Crippen LogP contribution in [0.5, 0.6) is 0 Å². The maximum Gasteiger partial charge on any atom is 0.329 e. The van der Waals surface area contributed by atoms with Gasteiger partial charge in [-0.05, 0) is 24.5 Å². The Balaban J connectivity index is 1.95. The van der Waals surface area contributed by atoms with Crippen LogP contribution < -0.4 is 0 Å². The first-order valence-electron chi connectivity index (χ1n) is 6.40. The van der Waals surface area contributed by atoms with Crippen LogP contribution in [0.1, 0.15) is 18.4 Å². The molecule has 1 aliphatic rings. The predicted molar refractivity (Wildman–Crippen MR) is 76.2 cm³/mol. The SMILES string of the molecule is O=C(O)COCC(=O)N(Cc1ccccc1Br)C1CC1. The van der Waals surface area contributed by atoms with E-state index in [1.165, 1.54) is 0 Å². The fraction of sp³-hybridized carbons (Fsp3) is 0.429. The molecule has 0 saturated heterocycles. The van der Waals surface area contributed by atoms with E-state index < -0.39 is 12.6 Å². The number of rotatable bonds is 7. The van der Waals surface area contributed by atoms with Crippen molar-refractivity contribution < 1.29 is 19.4 Å². The lowest BCUT2D eigenvalue weighted by atomic mass is 10.2. The van der Waals surface area contributed by atoms with Crippen molar-refractivity contribution in [2.75, 3.05) is 13.2 Å². The lowest BCUT2D eigenvalue weighted by Crippen LogP contribution is -2.36. The molecular formula is C14H16BrNO4. The Hall–Kier alpha value is -1.40. The van der Waals surface area contributed by atoms with Gasteiger partial charge in [0.15, 0.2) is 0 Å². The molecule has 0 aliphatic heterocycles. The summed E-state index contributed by atoms with van der Waals surface area (Å²) in [5.74, 6) is -1.23. The van der Waals surface area contributed by atoms with E-state index >= 15 is 0 Å². The first-order valence-corrected chi connectivity index (χ1v) is 7.19. The molecule has 1 amide bonds. The molecule has 108 valence electrons. The molecule has 1 fully saturated rings. The zero-order chi connectivity index (χ0) is 14.5. The summed E-state index contributed by atoms with van der Waals surface area (Å²) in [6.45, 7) is -0.117. The molecule has 6 heteroatoms. The van der Waals surface area contributed by atoms with Gasteiger partial charge in [-0.3, -0.25) is 4.79 Å². The molecule has 1 aromatic carbocycles. The number of carboxylic acids is 1. The lowest BCUT2D eigenvalue weighted by Gasteiger charge is -2.23. The maximum atomic E-state index is 12.1. The zero-order valence-corrected chi connectivity index (χ0v) is 12.5. The van der Waals surface area contributed by atoms with E-state index in [1.807, 2.05) is 24.3 Å². The van der Waals surface area contributed by atoms with Gasteiger partial charge in [0.1, 0.15) is 13.2 Å². The van der Waals surface area contributed by atoms with Gasteiger partial charge in [-0.25, -0.2) is 4.79 Å². The Morgan fingerprint density at radius 1 is 1.30 bits per heavy atom. The van der Waals surface area contributed by atoms with Gasteiger partial charge in [0.2, 0.25) is 5.91 Å². The van der Waals surface area contributed by atoms with Crippen LogP contribution in [-0.2, 0) is 20.9 Å². The van der Waals surface area contributed by atoms with E-state index in [-0.39, 0.29) is 18.6 Å². The molecule has 5 nitrogen and oxygen atoms in total. The molecule has 0 unspecified atom stereocenters. The van der Waals surface area contributed by atoms with Crippen LogP contribution >= 0.6 is 15.9 Å². The third-order valence-corrected chi connectivity index (χ3v) is 3.83. The van der Waals surface area contributed by atoms with E-state index in [4.69, 9.17) is 9.84 Å². The molecule has 1 saturated carbocycles. The van der Waals surface area contributed by atoms with Crippen molar-refractivity contribution in [1.82, 2.24) is 4.90 Å². The van der Waals surface area contributed by atoms with Gasteiger partial charge in [0.05, 0.1) is 0 Å². The monoisotopic (exact) mass is 341 g/mol. The molecule has 1 aromatic rings. The fourth-order valence-electron chi connectivity index (χ4n) is 1.93. The molecule has 0 radical (unpaired) electrons. The zero-order valence-electron chi connectivity index (χ0n) is 10.9. The number of benzene rings is 1. The summed E-state index contributed by atoms with van der Waals surface area (Å²) >= 11 is 3.47. The summed E-state index contributed by atoms with van der Waals surface area (Å²) in [5.41, 5.74) is 1.03. The first-order chi connectivity index (χ1) is 9.58. The van der Waals surface area contributed by atoms with Crippen LogP contribution in [-0.4, -0.2) is 41.1 Å². The molecule has 1 N–H and O–H groups in total. The van der Waals surface area contributed by atoms with Crippen LogP contribution in [0.25, 0.3) is 0 Å². The number of carbonyl (C=O) groups is 2. The van der Waals surface area contributed by atoms with Crippen molar-refractivity contribution in [2.24, 2.45) is 0 Å². The van der Waals surface area contributed by atoms with Crippen molar-refractivity contribution in [3.8, 4) is 0 Å². The van der Waals surface area contributed by atoms with Gasteiger partial charge in [-0.2, -0.15) is 0 Å². The Kier molecular flexibility index (Phi) is 5.14. The molecule has 0 bridgehead atoms. The molecule has 20 heavy (non-hydrogen) atoms. The number of aliphatic carboxylic acids is 1. The summed E-state index contributed by atoms with van der Waals surface area (Å²) in [6, 6.07) is 8.00. The van der Waals surface area contributed by atoms with E-state index in [0.717, 1.165) is 22.9 Å². The Labute approximate surface area is 125 Å². The maximum absolute atomic E-state index is 12.1. The highest BCUT2D eigenvalue weighted by Gasteiger charge is 2.32. The summed E-state index contributed by atoms with van der Waals surface area (Å²) in [6.07, 6.45) is 1.99. The highest BCUT2D eigenvalue weighted by atomic mass is 79.9. The molecule has 0 heterocycles. The molecular weight excluding hydrogens is 326 g/mol. The van der Waals surface area contributed by atoms with E-state index in [9.17, 15) is 9.59 Å². The van der Waals surface area contributed by atoms with Gasteiger partial charge in [0.25, 0.3) is 0 Å². The molecule has 0 atom stereocenters. The number of carboxylic acid groups (broad SMARTS) is 1. The largest absolute Gasteiger partial charge is 0.480 e. The Morgan fingerprint density at radius 2 is 2.00 bits per heavy atom. The van der Waals surface area contributed by atoms with E-state index in [2.05, 4.69) is 15.9 Å². The van der Waals surface area contributed by atoms with Crippen LogP contribution in [0, 0.1) is 0 Å². The summed E-state index contributed by atoms with van der Waals surface area (Å²) in [7, 11) is 0. The third kappa shape index (κ3) is 4.31. The molecule has 0 aromatic heterocycles. The molecule has 2 rings (SSSR count). The van der Waals surface area contributed by atoms with Crippen LogP contribution in [0.3, 0.4) is 0 Å². The quantitative estimate of drug-likeness (QED) is 0.824. The van der Waals surface area contributed by atoms with Gasteiger partial charge in [0, 0.05) is 17.1 Å². The molecule has 1 aliphatic carbocycles. The number of nitrogens with zero attached hydrogens (tertiary/aromatic N) is 1. The van der Waals surface area contributed by atoms with Crippen molar-refractivity contribution in [1.29, 1.82) is 0 Å². The molecule has 0 spiro atoms. The summed E-state index contributed by atoms with van der Waals surface area (Å²) < 4.78 is 5.84. The normalized spacial score (nSPS) is 14.1. The second kappa shape index (κ2) is 6.85.